The zero-order chi connectivity index (χ0) is 19.8. The van der Waals surface area contributed by atoms with Gasteiger partial charge in [0.1, 0.15) is 17.1 Å². The van der Waals surface area contributed by atoms with Gasteiger partial charge in [-0.25, -0.2) is 0 Å². The molecule has 0 heterocycles. The van der Waals surface area contributed by atoms with Gasteiger partial charge in [-0.15, -0.1) is 0 Å². The Morgan fingerprint density at radius 2 is 1.52 bits per heavy atom. The molecule has 0 spiro atoms. The Balaban J connectivity index is 2.26. The minimum absolute atomic E-state index is 0.248. The zero-order valence-electron chi connectivity index (χ0n) is 16.5. The molecule has 0 radical (unpaired) electrons. The van der Waals surface area contributed by atoms with Crippen LogP contribution in [0.15, 0.2) is 36.4 Å². The molecule has 6 heteroatoms. The average Bonchev–Trinajstić information content (AvgIpc) is 2.68. The molecule has 6 nitrogen and oxygen atoms in total. The van der Waals surface area contributed by atoms with Gasteiger partial charge in [0.05, 0.1) is 33.5 Å². The van der Waals surface area contributed by atoms with E-state index in [1.807, 2.05) is 39.0 Å². The molecule has 2 rings (SSSR count). The number of nitrogens with one attached hydrogen (secondary N) is 1. The molecule has 0 aliphatic rings. The van der Waals surface area contributed by atoms with E-state index in [2.05, 4.69) is 5.32 Å². The minimum Gasteiger partial charge on any atom is -0.496 e. The van der Waals surface area contributed by atoms with Crippen molar-refractivity contribution in [2.45, 2.75) is 26.8 Å². The molecule has 1 unspecified atom stereocenters. The number of amides is 1. The van der Waals surface area contributed by atoms with Crippen molar-refractivity contribution in [1.29, 1.82) is 0 Å². The SMILES string of the molecule is CCOc1ccc(C(C)NC(=O)c2c(OC)cccc2OC)cc1OCC. The van der Waals surface area contributed by atoms with Crippen LogP contribution in [0.25, 0.3) is 0 Å². The lowest BCUT2D eigenvalue weighted by Crippen LogP contribution is -2.27. The second kappa shape index (κ2) is 9.71. The third-order valence-corrected chi connectivity index (χ3v) is 4.07. The Morgan fingerprint density at radius 1 is 0.926 bits per heavy atom. The van der Waals surface area contributed by atoms with Gasteiger partial charge in [0.15, 0.2) is 11.5 Å². The van der Waals surface area contributed by atoms with Crippen molar-refractivity contribution >= 4 is 5.91 Å². The summed E-state index contributed by atoms with van der Waals surface area (Å²) in [7, 11) is 3.05. The van der Waals surface area contributed by atoms with Gasteiger partial charge in [-0.05, 0) is 50.6 Å². The van der Waals surface area contributed by atoms with E-state index in [0.29, 0.717) is 41.8 Å². The fraction of sp³-hybridized carbons (Fsp3) is 0.381. The maximum Gasteiger partial charge on any atom is 0.259 e. The van der Waals surface area contributed by atoms with Crippen molar-refractivity contribution in [1.82, 2.24) is 5.32 Å². The van der Waals surface area contributed by atoms with E-state index in [1.165, 1.54) is 14.2 Å². The fourth-order valence-electron chi connectivity index (χ4n) is 2.76. The van der Waals surface area contributed by atoms with Crippen LogP contribution in [0.3, 0.4) is 0 Å². The fourth-order valence-corrected chi connectivity index (χ4v) is 2.76. The Bertz CT molecular complexity index is 753. The van der Waals surface area contributed by atoms with Gasteiger partial charge in [0.25, 0.3) is 5.91 Å². The van der Waals surface area contributed by atoms with Crippen LogP contribution in [-0.4, -0.2) is 33.3 Å². The maximum absolute atomic E-state index is 12.8. The highest BCUT2D eigenvalue weighted by Crippen LogP contribution is 2.32. The molecule has 0 fully saturated rings. The van der Waals surface area contributed by atoms with Crippen LogP contribution in [0.5, 0.6) is 23.0 Å². The summed E-state index contributed by atoms with van der Waals surface area (Å²) >= 11 is 0. The van der Waals surface area contributed by atoms with Crippen molar-refractivity contribution < 1.29 is 23.7 Å². The monoisotopic (exact) mass is 373 g/mol. The van der Waals surface area contributed by atoms with Crippen LogP contribution in [0.2, 0.25) is 0 Å². The third-order valence-electron chi connectivity index (χ3n) is 4.07. The van der Waals surface area contributed by atoms with Crippen LogP contribution < -0.4 is 24.3 Å². The van der Waals surface area contributed by atoms with Crippen LogP contribution in [0.4, 0.5) is 0 Å². The van der Waals surface area contributed by atoms with Crippen LogP contribution in [-0.2, 0) is 0 Å². The van der Waals surface area contributed by atoms with Crippen LogP contribution in [0, 0.1) is 0 Å². The van der Waals surface area contributed by atoms with Crippen molar-refractivity contribution in [2.24, 2.45) is 0 Å². The number of methoxy groups -OCH3 is 2. The van der Waals surface area contributed by atoms with Gasteiger partial charge >= 0.3 is 0 Å². The molecule has 0 aliphatic carbocycles. The topological polar surface area (TPSA) is 66.0 Å². The van der Waals surface area contributed by atoms with E-state index < -0.39 is 0 Å². The number of hydrogen-bond donors (Lipinski definition) is 1. The highest BCUT2D eigenvalue weighted by molar-refractivity contribution is 6.00. The molecular formula is C21H27NO5. The largest absolute Gasteiger partial charge is 0.496 e. The Labute approximate surface area is 160 Å². The average molecular weight is 373 g/mol. The molecule has 2 aromatic rings. The Kier molecular flexibility index (Phi) is 7.34. The molecule has 27 heavy (non-hydrogen) atoms. The summed E-state index contributed by atoms with van der Waals surface area (Å²) in [4.78, 5) is 12.8. The molecule has 0 aromatic heterocycles. The standard InChI is InChI=1S/C21H27NO5/c1-6-26-16-12-11-15(13-19(16)27-7-2)14(3)22-21(23)20-17(24-4)9-8-10-18(20)25-5/h8-14H,6-7H2,1-5H3,(H,22,23). The van der Waals surface area contributed by atoms with Gasteiger partial charge < -0.3 is 24.3 Å². The summed E-state index contributed by atoms with van der Waals surface area (Å²) < 4.78 is 21.9. The lowest BCUT2D eigenvalue weighted by Gasteiger charge is -2.19. The highest BCUT2D eigenvalue weighted by Gasteiger charge is 2.21. The Morgan fingerprint density at radius 3 is 2.07 bits per heavy atom. The Hall–Kier alpha value is -2.89. The number of rotatable bonds is 9. The van der Waals surface area contributed by atoms with E-state index in [9.17, 15) is 4.79 Å². The second-order valence-corrected chi connectivity index (χ2v) is 5.80. The number of carbonyl (C=O) groups is 1. The first kappa shape index (κ1) is 20.4. The summed E-state index contributed by atoms with van der Waals surface area (Å²) in [5.41, 5.74) is 1.27. The summed E-state index contributed by atoms with van der Waals surface area (Å²) in [5, 5.41) is 2.99. The smallest absolute Gasteiger partial charge is 0.259 e. The molecule has 0 aliphatic heterocycles. The van der Waals surface area contributed by atoms with Gasteiger partial charge in [-0.2, -0.15) is 0 Å². The van der Waals surface area contributed by atoms with E-state index in [1.54, 1.807) is 18.2 Å². The van der Waals surface area contributed by atoms with Crippen molar-refractivity contribution in [3.63, 3.8) is 0 Å². The highest BCUT2D eigenvalue weighted by atomic mass is 16.5. The summed E-state index contributed by atoms with van der Waals surface area (Å²) in [5.74, 6) is 1.99. The van der Waals surface area contributed by atoms with Gasteiger partial charge in [-0.3, -0.25) is 4.79 Å². The normalized spacial score (nSPS) is 11.4. The molecule has 0 saturated heterocycles. The molecule has 1 N–H and O–H groups in total. The first-order chi connectivity index (χ1) is 13.0. The van der Waals surface area contributed by atoms with Gasteiger partial charge in [0.2, 0.25) is 0 Å². The lowest BCUT2D eigenvalue weighted by atomic mass is 10.1. The second-order valence-electron chi connectivity index (χ2n) is 5.80. The number of hydrogen-bond acceptors (Lipinski definition) is 5. The number of ether oxygens (including phenoxy) is 4. The zero-order valence-corrected chi connectivity index (χ0v) is 16.5. The maximum atomic E-state index is 12.8. The van der Waals surface area contributed by atoms with Crippen LogP contribution in [0.1, 0.15) is 42.7 Å². The molecule has 146 valence electrons. The van der Waals surface area contributed by atoms with Crippen molar-refractivity contribution in [3.8, 4) is 23.0 Å². The predicted octanol–water partition coefficient (Wildman–Crippen LogP) is 3.99. The molecule has 0 saturated carbocycles. The first-order valence-corrected chi connectivity index (χ1v) is 8.97. The first-order valence-electron chi connectivity index (χ1n) is 8.97. The summed E-state index contributed by atoms with van der Waals surface area (Å²) in [6.07, 6.45) is 0. The van der Waals surface area contributed by atoms with Gasteiger partial charge in [0, 0.05) is 0 Å². The van der Waals surface area contributed by atoms with E-state index in [4.69, 9.17) is 18.9 Å². The molecule has 2 aromatic carbocycles. The molecule has 1 amide bonds. The molecule has 1 atom stereocenters. The molecular weight excluding hydrogens is 346 g/mol. The number of carbonyl (C=O) groups excluding carboxylic acids is 1. The quantitative estimate of drug-likeness (QED) is 0.720. The molecule has 0 bridgehead atoms. The third kappa shape index (κ3) is 4.84. The van der Waals surface area contributed by atoms with E-state index >= 15 is 0 Å². The summed E-state index contributed by atoms with van der Waals surface area (Å²) in [6, 6.07) is 10.6. The predicted molar refractivity (Wildman–Crippen MR) is 104 cm³/mol. The lowest BCUT2D eigenvalue weighted by molar-refractivity contribution is 0.0933. The van der Waals surface area contributed by atoms with Gasteiger partial charge in [-0.1, -0.05) is 12.1 Å². The summed E-state index contributed by atoms with van der Waals surface area (Å²) in [6.45, 7) is 6.84. The minimum atomic E-state index is -0.274. The van der Waals surface area contributed by atoms with E-state index in [0.717, 1.165) is 5.56 Å². The number of benzene rings is 2. The van der Waals surface area contributed by atoms with E-state index in [-0.39, 0.29) is 11.9 Å². The van der Waals surface area contributed by atoms with Crippen molar-refractivity contribution in [2.75, 3.05) is 27.4 Å². The van der Waals surface area contributed by atoms with Crippen LogP contribution >= 0.6 is 0 Å². The van der Waals surface area contributed by atoms with Crippen molar-refractivity contribution in [3.05, 3.63) is 47.5 Å².